The molecule has 0 aliphatic heterocycles. The summed E-state index contributed by atoms with van der Waals surface area (Å²) in [7, 11) is 0. The first kappa shape index (κ1) is 23.1. The van der Waals surface area contributed by atoms with E-state index in [2.05, 4.69) is 24.0 Å². The summed E-state index contributed by atoms with van der Waals surface area (Å²) in [6.07, 6.45) is 19.0. The van der Waals surface area contributed by atoms with Gasteiger partial charge >= 0.3 is 5.97 Å². The fourth-order valence-electron chi connectivity index (χ4n) is 3.19. The number of unbranched alkanes of at least 4 members (excludes halogenated alkanes) is 12. The molecule has 1 unspecified atom stereocenters. The fourth-order valence-corrected chi connectivity index (χ4v) is 3.19. The van der Waals surface area contributed by atoms with Gasteiger partial charge in [-0.3, -0.25) is 4.84 Å². The van der Waals surface area contributed by atoms with Gasteiger partial charge in [0, 0.05) is 0 Å². The van der Waals surface area contributed by atoms with Crippen LogP contribution in [0.5, 0.6) is 0 Å². The van der Waals surface area contributed by atoms with Crippen LogP contribution in [0.15, 0.2) is 5.34 Å². The van der Waals surface area contributed by atoms with Gasteiger partial charge in [0.25, 0.3) is 0 Å². The third-order valence-electron chi connectivity index (χ3n) is 4.77. The molecule has 0 aliphatic carbocycles. The second-order valence-electron chi connectivity index (χ2n) is 7.00. The van der Waals surface area contributed by atoms with Crippen molar-refractivity contribution in [3.05, 3.63) is 4.91 Å². The van der Waals surface area contributed by atoms with Crippen molar-refractivity contribution < 1.29 is 9.63 Å². The van der Waals surface area contributed by atoms with Crippen molar-refractivity contribution in [3.8, 4) is 0 Å². The van der Waals surface area contributed by atoms with Crippen molar-refractivity contribution in [3.63, 3.8) is 0 Å². The van der Waals surface area contributed by atoms with Gasteiger partial charge in [-0.25, -0.2) is 4.79 Å². The largest absolute Gasteiger partial charge is 0.341 e. The first-order valence-corrected chi connectivity index (χ1v) is 10.3. The maximum Gasteiger partial charge on any atom is 0.341 e. The van der Waals surface area contributed by atoms with E-state index in [1.165, 1.54) is 70.6 Å². The van der Waals surface area contributed by atoms with Gasteiger partial charge < -0.3 is 0 Å². The molecule has 142 valence electrons. The highest BCUT2D eigenvalue weighted by atomic mass is 16.7. The smallest absolute Gasteiger partial charge is 0.284 e. The first-order valence-electron chi connectivity index (χ1n) is 10.3. The Hall–Kier alpha value is -0.930. The van der Waals surface area contributed by atoms with E-state index in [0.717, 1.165) is 32.1 Å². The molecule has 0 fully saturated rings. The van der Waals surface area contributed by atoms with Gasteiger partial charge in [-0.2, -0.15) is 0 Å². The Balaban J connectivity index is 3.80. The Morgan fingerprint density at radius 3 is 1.46 bits per heavy atom. The molecule has 4 heteroatoms. The third kappa shape index (κ3) is 14.6. The van der Waals surface area contributed by atoms with E-state index >= 15 is 0 Å². The molecule has 0 aliphatic rings. The summed E-state index contributed by atoms with van der Waals surface area (Å²) in [4.78, 5) is 26.4. The molecule has 0 aromatic carbocycles. The number of nitrogens with zero attached hydrogens (tertiary/aromatic N) is 1. The molecule has 0 aromatic heterocycles. The van der Waals surface area contributed by atoms with Crippen LogP contribution >= 0.6 is 0 Å². The molecule has 0 amide bonds. The molecule has 0 saturated heterocycles. The summed E-state index contributed by atoms with van der Waals surface area (Å²) >= 11 is 0. The molecule has 0 rings (SSSR count). The van der Waals surface area contributed by atoms with Crippen LogP contribution in [0.3, 0.4) is 0 Å². The number of hydrogen-bond donors (Lipinski definition) is 0. The van der Waals surface area contributed by atoms with Crippen LogP contribution in [-0.4, -0.2) is 5.97 Å². The molecule has 24 heavy (non-hydrogen) atoms. The molecular weight excluding hydrogens is 302 g/mol. The van der Waals surface area contributed by atoms with Crippen molar-refractivity contribution in [2.75, 3.05) is 0 Å². The van der Waals surface area contributed by atoms with E-state index in [-0.39, 0.29) is 5.92 Å². The van der Waals surface area contributed by atoms with Gasteiger partial charge in [-0.15, -0.1) is 4.91 Å². The van der Waals surface area contributed by atoms with Gasteiger partial charge in [0.1, 0.15) is 0 Å². The van der Waals surface area contributed by atoms with Gasteiger partial charge in [-0.05, 0) is 12.8 Å². The summed E-state index contributed by atoms with van der Waals surface area (Å²) in [6, 6.07) is 0. The van der Waals surface area contributed by atoms with Crippen LogP contribution in [0, 0.1) is 10.8 Å². The second-order valence-corrected chi connectivity index (χ2v) is 7.00. The number of hydrogen-bond acceptors (Lipinski definition) is 4. The Labute approximate surface area is 149 Å². The fraction of sp³-hybridized carbons (Fsp3) is 0.950. The van der Waals surface area contributed by atoms with Crippen LogP contribution in [0.25, 0.3) is 0 Å². The van der Waals surface area contributed by atoms with Crippen LogP contribution in [0.2, 0.25) is 0 Å². The predicted octanol–water partition coefficient (Wildman–Crippen LogP) is 7.11. The zero-order chi connectivity index (χ0) is 17.9. The summed E-state index contributed by atoms with van der Waals surface area (Å²) in [6.45, 7) is 4.44. The molecular formula is C20H39NO3. The molecule has 0 bridgehead atoms. The minimum absolute atomic E-state index is 0.144. The minimum Gasteiger partial charge on any atom is -0.284 e. The van der Waals surface area contributed by atoms with E-state index in [1.54, 1.807) is 0 Å². The minimum atomic E-state index is -0.429. The maximum absolute atomic E-state index is 11.8. The predicted molar refractivity (Wildman–Crippen MR) is 101 cm³/mol. The van der Waals surface area contributed by atoms with Crippen molar-refractivity contribution in [2.24, 2.45) is 11.3 Å². The van der Waals surface area contributed by atoms with Gasteiger partial charge in [-0.1, -0.05) is 104 Å². The zero-order valence-electron chi connectivity index (χ0n) is 16.1. The van der Waals surface area contributed by atoms with Gasteiger partial charge in [0.05, 0.1) is 5.92 Å². The van der Waals surface area contributed by atoms with Gasteiger partial charge in [0.2, 0.25) is 0 Å². The molecule has 0 spiro atoms. The van der Waals surface area contributed by atoms with Crippen molar-refractivity contribution in [1.82, 2.24) is 0 Å². The average Bonchev–Trinajstić information content (AvgIpc) is 2.58. The first-order chi connectivity index (χ1) is 11.8. The highest BCUT2D eigenvalue weighted by Crippen LogP contribution is 2.21. The van der Waals surface area contributed by atoms with Crippen LogP contribution in [0.1, 0.15) is 117 Å². The summed E-state index contributed by atoms with van der Waals surface area (Å²) in [5.74, 6) is -0.574. The highest BCUT2D eigenvalue weighted by Gasteiger charge is 2.20. The normalized spacial score (nSPS) is 12.1. The average molecular weight is 342 g/mol. The Kier molecular flexibility index (Phi) is 17.7. The zero-order valence-corrected chi connectivity index (χ0v) is 16.1. The summed E-state index contributed by atoms with van der Waals surface area (Å²) < 4.78 is 0. The third-order valence-corrected chi connectivity index (χ3v) is 4.77. The summed E-state index contributed by atoms with van der Waals surface area (Å²) in [5, 5.41) is 2.31. The topological polar surface area (TPSA) is 55.7 Å². The van der Waals surface area contributed by atoms with E-state index in [0.29, 0.717) is 0 Å². The molecule has 0 aromatic rings. The number of carbonyl (C=O) groups excluding carboxylic acids is 1. The van der Waals surface area contributed by atoms with Crippen molar-refractivity contribution in [2.45, 2.75) is 117 Å². The quantitative estimate of drug-likeness (QED) is 0.152. The molecule has 4 nitrogen and oxygen atoms in total. The molecule has 0 N–H and O–H groups in total. The van der Waals surface area contributed by atoms with Crippen LogP contribution in [0.4, 0.5) is 0 Å². The monoisotopic (exact) mass is 341 g/mol. The van der Waals surface area contributed by atoms with Crippen LogP contribution in [-0.2, 0) is 9.63 Å². The van der Waals surface area contributed by atoms with Crippen molar-refractivity contribution in [1.29, 1.82) is 0 Å². The molecule has 1 atom stereocenters. The Bertz CT molecular complexity index is 295. The second kappa shape index (κ2) is 18.4. The maximum atomic E-state index is 11.8. The van der Waals surface area contributed by atoms with E-state index in [4.69, 9.17) is 0 Å². The van der Waals surface area contributed by atoms with E-state index in [9.17, 15) is 9.70 Å². The lowest BCUT2D eigenvalue weighted by molar-refractivity contribution is -0.149. The van der Waals surface area contributed by atoms with Crippen molar-refractivity contribution >= 4 is 5.97 Å². The van der Waals surface area contributed by atoms with Crippen LogP contribution < -0.4 is 0 Å². The molecule has 0 heterocycles. The SMILES string of the molecule is CCCCCCCCCCC(CCCCCCCC)C(=O)ON=O. The highest BCUT2D eigenvalue weighted by molar-refractivity contribution is 5.72. The van der Waals surface area contributed by atoms with Gasteiger partial charge in [0.15, 0.2) is 5.34 Å². The summed E-state index contributed by atoms with van der Waals surface area (Å²) in [5.41, 5.74) is 0. The lowest BCUT2D eigenvalue weighted by atomic mass is 9.94. The molecule has 0 saturated carbocycles. The Morgan fingerprint density at radius 1 is 0.708 bits per heavy atom. The lowest BCUT2D eigenvalue weighted by Gasteiger charge is -2.13. The lowest BCUT2D eigenvalue weighted by Crippen LogP contribution is -2.15. The number of rotatable bonds is 18. The van der Waals surface area contributed by atoms with E-state index < -0.39 is 5.97 Å². The standard InChI is InChI=1S/C20H39NO3/c1-3-5-7-9-11-12-14-16-18-19(20(22)24-21-23)17-15-13-10-8-6-4-2/h19H,3-18H2,1-2H3. The van der Waals surface area contributed by atoms with E-state index in [1.807, 2.05) is 0 Å². The molecule has 0 radical (unpaired) electrons. The number of carbonyl (C=O) groups is 1. The Morgan fingerprint density at radius 2 is 1.08 bits per heavy atom.